The molecule has 3 heterocycles. The fourth-order valence-electron chi connectivity index (χ4n) is 3.19. The second kappa shape index (κ2) is 8.14. The van der Waals surface area contributed by atoms with Crippen molar-refractivity contribution in [2.45, 2.75) is 0 Å². The van der Waals surface area contributed by atoms with Gasteiger partial charge in [-0.1, -0.05) is 12.1 Å². The first-order chi connectivity index (χ1) is 13.7. The number of nitrogens with one attached hydrogen (secondary N) is 1. The Labute approximate surface area is 164 Å². The van der Waals surface area contributed by atoms with E-state index in [0.717, 1.165) is 37.3 Å². The Morgan fingerprint density at radius 2 is 1.75 bits per heavy atom. The van der Waals surface area contributed by atoms with Gasteiger partial charge in [0.15, 0.2) is 0 Å². The van der Waals surface area contributed by atoms with E-state index in [2.05, 4.69) is 61.4 Å². The number of likely N-dealkylation sites (N-methyl/N-ethyl adjacent to an activating group) is 1. The van der Waals surface area contributed by atoms with Gasteiger partial charge in [-0.2, -0.15) is 0 Å². The molecule has 0 aliphatic carbocycles. The highest BCUT2D eigenvalue weighted by Crippen LogP contribution is 2.25. The Bertz CT molecular complexity index is 937. The van der Waals surface area contributed by atoms with Gasteiger partial charge in [-0.15, -0.1) is 0 Å². The van der Waals surface area contributed by atoms with Gasteiger partial charge in [0.2, 0.25) is 0 Å². The normalized spacial score (nSPS) is 14.7. The van der Waals surface area contributed by atoms with Gasteiger partial charge in [-0.05, 0) is 36.9 Å². The quantitative estimate of drug-likeness (QED) is 0.757. The second-order valence-electron chi connectivity index (χ2n) is 6.85. The van der Waals surface area contributed by atoms with Gasteiger partial charge in [-0.25, -0.2) is 15.0 Å². The van der Waals surface area contributed by atoms with E-state index in [1.54, 1.807) is 12.3 Å². The lowest BCUT2D eigenvalue weighted by molar-refractivity contribution is 0.102. The first-order valence-corrected chi connectivity index (χ1v) is 9.25. The molecule has 1 aliphatic heterocycles. The molecule has 7 nitrogen and oxygen atoms in total. The van der Waals surface area contributed by atoms with Crippen molar-refractivity contribution in [1.82, 2.24) is 19.9 Å². The molecule has 1 fully saturated rings. The molecule has 4 rings (SSSR count). The molecule has 1 aliphatic rings. The third kappa shape index (κ3) is 4.15. The molecule has 7 heteroatoms. The maximum absolute atomic E-state index is 12.2. The van der Waals surface area contributed by atoms with E-state index in [-0.39, 0.29) is 5.91 Å². The SMILES string of the molecule is CN1CCN(c2cccc(-c3ccc(NC(=O)c4cncnc4)nc3)c2)CC1. The molecule has 3 aromatic rings. The number of piperazine rings is 1. The number of carbonyl (C=O) groups is 1. The topological polar surface area (TPSA) is 74.2 Å². The van der Waals surface area contributed by atoms with Crippen LogP contribution >= 0.6 is 0 Å². The predicted octanol–water partition coefficient (Wildman–Crippen LogP) is 2.54. The Morgan fingerprint density at radius 1 is 0.964 bits per heavy atom. The van der Waals surface area contributed by atoms with Crippen LogP contribution in [0.4, 0.5) is 11.5 Å². The van der Waals surface area contributed by atoms with Crippen LogP contribution in [0.1, 0.15) is 10.4 Å². The lowest BCUT2D eigenvalue weighted by atomic mass is 10.1. The lowest BCUT2D eigenvalue weighted by Crippen LogP contribution is -2.44. The summed E-state index contributed by atoms with van der Waals surface area (Å²) in [4.78, 5) is 29.0. The fourth-order valence-corrected chi connectivity index (χ4v) is 3.19. The number of hydrogen-bond donors (Lipinski definition) is 1. The van der Waals surface area contributed by atoms with Crippen molar-refractivity contribution in [3.8, 4) is 11.1 Å². The van der Waals surface area contributed by atoms with E-state index in [4.69, 9.17) is 0 Å². The highest BCUT2D eigenvalue weighted by Gasteiger charge is 2.14. The van der Waals surface area contributed by atoms with Crippen LogP contribution in [-0.4, -0.2) is 59.0 Å². The first-order valence-electron chi connectivity index (χ1n) is 9.25. The maximum atomic E-state index is 12.2. The summed E-state index contributed by atoms with van der Waals surface area (Å²) in [5.41, 5.74) is 3.75. The van der Waals surface area contributed by atoms with Gasteiger partial charge in [-0.3, -0.25) is 4.79 Å². The number of amides is 1. The maximum Gasteiger partial charge on any atom is 0.259 e. The Hall–Kier alpha value is -3.32. The van der Waals surface area contributed by atoms with Crippen LogP contribution in [0, 0.1) is 0 Å². The summed E-state index contributed by atoms with van der Waals surface area (Å²) in [5.74, 6) is 0.214. The summed E-state index contributed by atoms with van der Waals surface area (Å²) in [6, 6.07) is 12.3. The Balaban J connectivity index is 1.47. The summed E-state index contributed by atoms with van der Waals surface area (Å²) in [6.07, 6.45) is 6.11. The Kier molecular flexibility index (Phi) is 5.25. The van der Waals surface area contributed by atoms with Crippen molar-refractivity contribution >= 4 is 17.4 Å². The van der Waals surface area contributed by atoms with E-state index in [0.29, 0.717) is 11.4 Å². The van der Waals surface area contributed by atoms with Gasteiger partial charge in [0.1, 0.15) is 12.1 Å². The number of pyridine rings is 1. The minimum absolute atomic E-state index is 0.280. The van der Waals surface area contributed by atoms with Gasteiger partial charge >= 0.3 is 0 Å². The smallest absolute Gasteiger partial charge is 0.259 e. The van der Waals surface area contributed by atoms with Crippen LogP contribution in [-0.2, 0) is 0 Å². The average molecular weight is 374 g/mol. The molecule has 142 valence electrons. The average Bonchev–Trinajstić information content (AvgIpc) is 2.75. The minimum atomic E-state index is -0.280. The molecule has 0 unspecified atom stereocenters. The van der Waals surface area contributed by atoms with Crippen molar-refractivity contribution in [3.63, 3.8) is 0 Å². The summed E-state index contributed by atoms with van der Waals surface area (Å²) in [6.45, 7) is 4.22. The second-order valence-corrected chi connectivity index (χ2v) is 6.85. The number of rotatable bonds is 4. The molecule has 1 N–H and O–H groups in total. The van der Waals surface area contributed by atoms with Crippen LogP contribution in [0.2, 0.25) is 0 Å². The third-order valence-corrected chi connectivity index (χ3v) is 4.88. The van der Waals surface area contributed by atoms with Crippen LogP contribution in [0.3, 0.4) is 0 Å². The highest BCUT2D eigenvalue weighted by molar-refractivity contribution is 6.03. The van der Waals surface area contributed by atoms with Gasteiger partial charge < -0.3 is 15.1 Å². The van der Waals surface area contributed by atoms with Gasteiger partial charge in [0.05, 0.1) is 5.56 Å². The van der Waals surface area contributed by atoms with Crippen molar-refractivity contribution in [3.05, 3.63) is 66.9 Å². The molecule has 1 amide bonds. The molecule has 0 atom stereocenters. The number of nitrogens with zero attached hydrogens (tertiary/aromatic N) is 5. The van der Waals surface area contributed by atoms with Crippen LogP contribution in [0.25, 0.3) is 11.1 Å². The van der Waals surface area contributed by atoms with E-state index in [1.807, 2.05) is 6.07 Å². The molecular formula is C21H22N6O. The molecule has 1 saturated heterocycles. The van der Waals surface area contributed by atoms with Crippen molar-refractivity contribution in [2.24, 2.45) is 0 Å². The summed E-state index contributed by atoms with van der Waals surface area (Å²) in [7, 11) is 2.16. The lowest BCUT2D eigenvalue weighted by Gasteiger charge is -2.34. The van der Waals surface area contributed by atoms with E-state index < -0.39 is 0 Å². The van der Waals surface area contributed by atoms with Crippen LogP contribution in [0.15, 0.2) is 61.3 Å². The molecule has 1 aromatic carbocycles. The standard InChI is InChI=1S/C21H22N6O/c1-26-7-9-27(10-8-26)19-4-2-3-16(11-19)17-5-6-20(24-14-17)25-21(28)18-12-22-15-23-13-18/h2-6,11-15H,7-10H2,1H3,(H,24,25,28). The Morgan fingerprint density at radius 3 is 2.46 bits per heavy atom. The zero-order valence-electron chi connectivity index (χ0n) is 15.7. The zero-order valence-corrected chi connectivity index (χ0v) is 15.7. The molecule has 0 radical (unpaired) electrons. The van der Waals surface area contributed by atoms with Gasteiger partial charge in [0.25, 0.3) is 5.91 Å². The molecule has 0 spiro atoms. The van der Waals surface area contributed by atoms with E-state index >= 15 is 0 Å². The first kappa shape index (κ1) is 18.1. The van der Waals surface area contributed by atoms with Crippen molar-refractivity contribution < 1.29 is 4.79 Å². The molecule has 0 bridgehead atoms. The minimum Gasteiger partial charge on any atom is -0.369 e. The molecule has 2 aromatic heterocycles. The highest BCUT2D eigenvalue weighted by atomic mass is 16.1. The fraction of sp³-hybridized carbons (Fsp3) is 0.238. The summed E-state index contributed by atoms with van der Waals surface area (Å²) >= 11 is 0. The largest absolute Gasteiger partial charge is 0.369 e. The molecule has 0 saturated carbocycles. The van der Waals surface area contributed by atoms with Crippen LogP contribution in [0.5, 0.6) is 0 Å². The summed E-state index contributed by atoms with van der Waals surface area (Å²) < 4.78 is 0. The number of anilines is 2. The predicted molar refractivity (Wildman–Crippen MR) is 109 cm³/mol. The third-order valence-electron chi connectivity index (χ3n) is 4.88. The van der Waals surface area contributed by atoms with E-state index in [1.165, 1.54) is 24.4 Å². The van der Waals surface area contributed by atoms with Gasteiger partial charge in [0, 0.05) is 56.0 Å². The zero-order chi connectivity index (χ0) is 19.3. The van der Waals surface area contributed by atoms with Crippen molar-refractivity contribution in [2.75, 3.05) is 43.4 Å². The van der Waals surface area contributed by atoms with Crippen LogP contribution < -0.4 is 10.2 Å². The number of aromatic nitrogens is 3. The van der Waals surface area contributed by atoms with Crippen molar-refractivity contribution in [1.29, 1.82) is 0 Å². The van der Waals surface area contributed by atoms with E-state index in [9.17, 15) is 4.79 Å². The number of carbonyl (C=O) groups excluding carboxylic acids is 1. The molecular weight excluding hydrogens is 352 g/mol. The number of benzene rings is 1. The summed E-state index contributed by atoms with van der Waals surface area (Å²) in [5, 5.41) is 2.76. The number of hydrogen-bond acceptors (Lipinski definition) is 6. The monoisotopic (exact) mass is 374 g/mol. The molecule has 28 heavy (non-hydrogen) atoms.